The second kappa shape index (κ2) is 4.86. The molecule has 1 atom stereocenters. The lowest BCUT2D eigenvalue weighted by Crippen LogP contribution is -2.26. The van der Waals surface area contributed by atoms with Crippen molar-refractivity contribution in [2.45, 2.75) is 25.3 Å². The summed E-state index contributed by atoms with van der Waals surface area (Å²) in [6, 6.07) is 5.59. The molecular weight excluding hydrogens is 231 g/mol. The molecule has 0 aliphatic carbocycles. The first-order valence-electron chi connectivity index (χ1n) is 6.22. The predicted octanol–water partition coefficient (Wildman–Crippen LogP) is 2.22. The van der Waals surface area contributed by atoms with E-state index in [0.717, 1.165) is 18.5 Å². The summed E-state index contributed by atoms with van der Waals surface area (Å²) < 4.78 is 15.5. The van der Waals surface area contributed by atoms with Gasteiger partial charge in [0.1, 0.15) is 24.2 Å². The van der Waals surface area contributed by atoms with E-state index in [-0.39, 0.29) is 11.9 Å². The third-order valence-corrected chi connectivity index (χ3v) is 3.35. The van der Waals surface area contributed by atoms with Crippen molar-refractivity contribution in [2.75, 3.05) is 6.54 Å². The Balaban J connectivity index is 1.89. The summed E-state index contributed by atoms with van der Waals surface area (Å²) in [5.41, 5.74) is 1.45. The summed E-state index contributed by atoms with van der Waals surface area (Å²) in [5.74, 6) is -0.259. The molecule has 1 aromatic heterocycles. The van der Waals surface area contributed by atoms with Gasteiger partial charge in [0.05, 0.1) is 0 Å². The van der Waals surface area contributed by atoms with Gasteiger partial charge in [0.15, 0.2) is 0 Å². The van der Waals surface area contributed by atoms with Gasteiger partial charge in [0.25, 0.3) is 0 Å². The van der Waals surface area contributed by atoms with Crippen LogP contribution >= 0.6 is 0 Å². The molecule has 1 aromatic carbocycles. The second-order valence-corrected chi connectivity index (χ2v) is 4.55. The molecule has 0 amide bonds. The fourth-order valence-electron chi connectivity index (χ4n) is 2.39. The largest absolute Gasteiger partial charge is 0.310 e. The Labute approximate surface area is 105 Å². The molecule has 1 aliphatic heterocycles. The van der Waals surface area contributed by atoms with E-state index in [1.807, 2.05) is 6.07 Å². The lowest BCUT2D eigenvalue weighted by molar-refractivity contribution is 0.411. The van der Waals surface area contributed by atoms with E-state index >= 15 is 0 Å². The van der Waals surface area contributed by atoms with Gasteiger partial charge in [0.2, 0.25) is 0 Å². The Bertz CT molecular complexity index is 518. The van der Waals surface area contributed by atoms with Crippen LogP contribution in [-0.2, 0) is 0 Å². The molecule has 0 bridgehead atoms. The highest BCUT2D eigenvalue weighted by atomic mass is 19.1. The minimum absolute atomic E-state index is 0.259. The standard InChI is InChI=1S/C13H15FN4/c14-11-7-10(12-3-1-2-6-16-12)4-5-13(11)18-9-15-8-17-18/h4-5,7-9,12,16H,1-3,6H2. The second-order valence-electron chi connectivity index (χ2n) is 4.55. The van der Waals surface area contributed by atoms with Crippen molar-refractivity contribution in [3.05, 3.63) is 42.2 Å². The molecule has 0 saturated carbocycles. The molecule has 1 N–H and O–H groups in total. The molecular formula is C13H15FN4. The van der Waals surface area contributed by atoms with Crippen LogP contribution in [0.25, 0.3) is 5.69 Å². The number of piperidine rings is 1. The summed E-state index contributed by atoms with van der Waals surface area (Å²) in [6.45, 7) is 1.01. The van der Waals surface area contributed by atoms with Crippen LogP contribution in [0.1, 0.15) is 30.9 Å². The molecule has 1 saturated heterocycles. The fourth-order valence-corrected chi connectivity index (χ4v) is 2.39. The number of aromatic nitrogens is 3. The molecule has 1 fully saturated rings. The lowest BCUT2D eigenvalue weighted by atomic mass is 9.97. The third-order valence-electron chi connectivity index (χ3n) is 3.35. The van der Waals surface area contributed by atoms with E-state index in [4.69, 9.17) is 0 Å². The summed E-state index contributed by atoms with van der Waals surface area (Å²) >= 11 is 0. The van der Waals surface area contributed by atoms with E-state index in [1.54, 1.807) is 12.1 Å². The van der Waals surface area contributed by atoms with Crippen molar-refractivity contribution in [1.29, 1.82) is 0 Å². The first-order valence-corrected chi connectivity index (χ1v) is 6.22. The average Bonchev–Trinajstić information content (AvgIpc) is 2.93. The number of hydrogen-bond acceptors (Lipinski definition) is 3. The highest BCUT2D eigenvalue weighted by molar-refractivity contribution is 5.36. The maximum absolute atomic E-state index is 14.1. The van der Waals surface area contributed by atoms with Gasteiger partial charge in [-0.3, -0.25) is 0 Å². The average molecular weight is 246 g/mol. The maximum atomic E-state index is 14.1. The van der Waals surface area contributed by atoms with Gasteiger partial charge in [-0.05, 0) is 37.1 Å². The van der Waals surface area contributed by atoms with Crippen molar-refractivity contribution in [2.24, 2.45) is 0 Å². The monoisotopic (exact) mass is 246 g/mol. The van der Waals surface area contributed by atoms with Crippen molar-refractivity contribution in [3.8, 4) is 5.69 Å². The zero-order valence-electron chi connectivity index (χ0n) is 10.0. The Morgan fingerprint density at radius 1 is 1.33 bits per heavy atom. The number of benzene rings is 1. The van der Waals surface area contributed by atoms with Gasteiger partial charge in [0, 0.05) is 6.04 Å². The van der Waals surface area contributed by atoms with E-state index in [0.29, 0.717) is 5.69 Å². The van der Waals surface area contributed by atoms with Crippen LogP contribution in [-0.4, -0.2) is 21.3 Å². The van der Waals surface area contributed by atoms with Crippen LogP contribution < -0.4 is 5.32 Å². The van der Waals surface area contributed by atoms with E-state index in [9.17, 15) is 4.39 Å². The highest BCUT2D eigenvalue weighted by Crippen LogP contribution is 2.25. The zero-order chi connectivity index (χ0) is 12.4. The van der Waals surface area contributed by atoms with E-state index in [2.05, 4.69) is 15.4 Å². The van der Waals surface area contributed by atoms with Gasteiger partial charge < -0.3 is 5.32 Å². The normalized spacial score (nSPS) is 19.9. The summed E-state index contributed by atoms with van der Waals surface area (Å²) in [4.78, 5) is 3.82. The van der Waals surface area contributed by atoms with Crippen LogP contribution in [0.4, 0.5) is 4.39 Å². The van der Waals surface area contributed by atoms with Crippen molar-refractivity contribution in [1.82, 2.24) is 20.1 Å². The van der Waals surface area contributed by atoms with Gasteiger partial charge >= 0.3 is 0 Å². The van der Waals surface area contributed by atoms with Crippen LogP contribution in [0.15, 0.2) is 30.9 Å². The lowest BCUT2D eigenvalue weighted by Gasteiger charge is -2.24. The Morgan fingerprint density at radius 3 is 2.94 bits per heavy atom. The summed E-state index contributed by atoms with van der Waals surface area (Å²) in [5, 5.41) is 7.35. The van der Waals surface area contributed by atoms with E-state index < -0.39 is 0 Å². The molecule has 0 radical (unpaired) electrons. The van der Waals surface area contributed by atoms with Gasteiger partial charge in [-0.15, -0.1) is 0 Å². The summed E-state index contributed by atoms with van der Waals surface area (Å²) in [6.07, 6.45) is 6.37. The number of nitrogens with one attached hydrogen (secondary N) is 1. The Morgan fingerprint density at radius 2 is 2.28 bits per heavy atom. The van der Waals surface area contributed by atoms with Crippen molar-refractivity contribution >= 4 is 0 Å². The van der Waals surface area contributed by atoms with Crippen molar-refractivity contribution in [3.63, 3.8) is 0 Å². The van der Waals surface area contributed by atoms with Crippen LogP contribution in [0.5, 0.6) is 0 Å². The SMILES string of the molecule is Fc1cc(C2CCCCN2)ccc1-n1cncn1. The minimum atomic E-state index is -0.259. The zero-order valence-corrected chi connectivity index (χ0v) is 10.0. The molecule has 18 heavy (non-hydrogen) atoms. The fraction of sp³-hybridized carbons (Fsp3) is 0.385. The van der Waals surface area contributed by atoms with Crippen molar-refractivity contribution < 1.29 is 4.39 Å². The maximum Gasteiger partial charge on any atom is 0.149 e. The molecule has 2 heterocycles. The van der Waals surface area contributed by atoms with Gasteiger partial charge in [-0.1, -0.05) is 12.5 Å². The number of hydrogen-bond donors (Lipinski definition) is 1. The quantitative estimate of drug-likeness (QED) is 0.883. The molecule has 0 spiro atoms. The smallest absolute Gasteiger partial charge is 0.149 e. The van der Waals surface area contributed by atoms with E-state index in [1.165, 1.54) is 30.2 Å². The Kier molecular flexibility index (Phi) is 3.06. The van der Waals surface area contributed by atoms with Crippen LogP contribution in [0, 0.1) is 5.82 Å². The first kappa shape index (κ1) is 11.3. The molecule has 5 heteroatoms. The number of rotatable bonds is 2. The third kappa shape index (κ3) is 2.13. The molecule has 2 aromatic rings. The number of halogens is 1. The van der Waals surface area contributed by atoms with Gasteiger partial charge in [-0.2, -0.15) is 5.10 Å². The number of nitrogens with zero attached hydrogens (tertiary/aromatic N) is 3. The van der Waals surface area contributed by atoms with Gasteiger partial charge in [-0.25, -0.2) is 14.1 Å². The topological polar surface area (TPSA) is 42.7 Å². The molecule has 1 aliphatic rings. The molecule has 1 unspecified atom stereocenters. The minimum Gasteiger partial charge on any atom is -0.310 e. The predicted molar refractivity (Wildman–Crippen MR) is 65.9 cm³/mol. The highest BCUT2D eigenvalue weighted by Gasteiger charge is 2.16. The first-order chi connectivity index (χ1) is 8.84. The molecule has 94 valence electrons. The Hall–Kier alpha value is -1.75. The van der Waals surface area contributed by atoms with Crippen LogP contribution in [0.2, 0.25) is 0 Å². The molecule has 3 rings (SSSR count). The summed E-state index contributed by atoms with van der Waals surface area (Å²) in [7, 11) is 0. The molecule has 4 nitrogen and oxygen atoms in total. The van der Waals surface area contributed by atoms with Crippen LogP contribution in [0.3, 0.4) is 0 Å².